The average molecular weight is 529 g/mol. The number of ether oxygens (including phenoxy) is 1. The van der Waals surface area contributed by atoms with Crippen molar-refractivity contribution in [2.75, 3.05) is 13.3 Å². The lowest BCUT2D eigenvalue weighted by molar-refractivity contribution is -0.0507. The van der Waals surface area contributed by atoms with Gasteiger partial charge in [0.25, 0.3) is 5.91 Å². The van der Waals surface area contributed by atoms with E-state index in [-0.39, 0.29) is 16.9 Å². The van der Waals surface area contributed by atoms with Crippen molar-refractivity contribution >= 4 is 29.4 Å². The molecule has 3 heterocycles. The summed E-state index contributed by atoms with van der Waals surface area (Å²) in [5.74, 6) is -1.73. The third kappa shape index (κ3) is 3.73. The van der Waals surface area contributed by atoms with Gasteiger partial charge in [-0.05, 0) is 67.3 Å². The number of nitrogens with zero attached hydrogens (tertiary/aromatic N) is 2. The summed E-state index contributed by atoms with van der Waals surface area (Å²) in [6.07, 6.45) is 0.380. The fraction of sp³-hybridized carbons (Fsp3) is 0.231. The summed E-state index contributed by atoms with van der Waals surface area (Å²) < 4.78 is 75.0. The van der Waals surface area contributed by atoms with Crippen LogP contribution in [0.1, 0.15) is 40.3 Å². The molecule has 2 bridgehead atoms. The zero-order chi connectivity index (χ0) is 26.2. The number of hydrogen-bond acceptors (Lipinski definition) is 4. The molecule has 1 amide bonds. The largest absolute Gasteiger partial charge is 0.434 e. The third-order valence-electron chi connectivity index (χ3n) is 6.85. The van der Waals surface area contributed by atoms with Gasteiger partial charge in [0, 0.05) is 11.1 Å². The lowest BCUT2D eigenvalue weighted by Crippen LogP contribution is -2.28. The molecule has 0 saturated carbocycles. The van der Waals surface area contributed by atoms with Crippen LogP contribution in [0.15, 0.2) is 48.5 Å². The second-order valence-electron chi connectivity index (χ2n) is 9.56. The van der Waals surface area contributed by atoms with Crippen LogP contribution in [0.5, 0.6) is 5.75 Å². The van der Waals surface area contributed by atoms with Crippen LogP contribution in [0.3, 0.4) is 0 Å². The highest BCUT2D eigenvalue weighted by Crippen LogP contribution is 2.48. The topological polar surface area (TPSA) is 73.2 Å². The number of alkyl halides is 2. The number of fused-ring (bicyclic) bond motifs is 9. The highest BCUT2D eigenvalue weighted by atomic mass is 31.2. The van der Waals surface area contributed by atoms with E-state index in [9.17, 15) is 26.9 Å². The van der Waals surface area contributed by atoms with Crippen LogP contribution in [0, 0.1) is 11.6 Å². The quantitative estimate of drug-likeness (QED) is 0.276. The summed E-state index contributed by atoms with van der Waals surface area (Å²) in [5.41, 5.74) is 2.48. The van der Waals surface area contributed by atoms with Crippen molar-refractivity contribution in [1.29, 1.82) is 0 Å². The predicted molar refractivity (Wildman–Crippen MR) is 130 cm³/mol. The van der Waals surface area contributed by atoms with E-state index in [2.05, 4.69) is 10.3 Å². The second-order valence-corrected chi connectivity index (χ2v) is 12.7. The van der Waals surface area contributed by atoms with Gasteiger partial charge in [0.2, 0.25) is 0 Å². The Morgan fingerprint density at radius 3 is 2.49 bits per heavy atom. The van der Waals surface area contributed by atoms with E-state index < -0.39 is 48.7 Å². The highest BCUT2D eigenvalue weighted by molar-refractivity contribution is 7.70. The maximum atomic E-state index is 14.8. The van der Waals surface area contributed by atoms with E-state index in [1.54, 1.807) is 24.3 Å². The fourth-order valence-corrected chi connectivity index (χ4v) is 6.59. The predicted octanol–water partition coefficient (Wildman–Crippen LogP) is 5.61. The maximum absolute atomic E-state index is 14.8. The molecular weight excluding hydrogens is 509 g/mol. The van der Waals surface area contributed by atoms with Gasteiger partial charge in [0.05, 0.1) is 28.4 Å². The first-order valence-electron chi connectivity index (χ1n) is 11.5. The molecule has 6 nitrogen and oxygen atoms in total. The SMILES string of the molecule is CP(C)(=O)c1c(F)cc(-c2ccc3nc4n(c3c2)[C@@H]2C[C@H]4NC(=O)c3cccc(OC(F)F)c32)cc1F. The van der Waals surface area contributed by atoms with E-state index in [0.29, 0.717) is 34.4 Å². The van der Waals surface area contributed by atoms with Crippen LogP contribution in [-0.2, 0) is 4.57 Å². The minimum Gasteiger partial charge on any atom is -0.434 e. The molecule has 0 aliphatic carbocycles. The van der Waals surface area contributed by atoms with Gasteiger partial charge < -0.3 is 19.2 Å². The highest BCUT2D eigenvalue weighted by Gasteiger charge is 2.42. The van der Waals surface area contributed by atoms with Crippen LogP contribution >= 0.6 is 7.14 Å². The summed E-state index contributed by atoms with van der Waals surface area (Å²) in [6, 6.07) is 10.8. The average Bonchev–Trinajstić information content (AvgIpc) is 3.29. The van der Waals surface area contributed by atoms with Crippen molar-refractivity contribution in [2.24, 2.45) is 0 Å². The molecule has 0 radical (unpaired) electrons. The zero-order valence-corrected chi connectivity index (χ0v) is 20.5. The van der Waals surface area contributed by atoms with Crippen molar-refractivity contribution in [3.63, 3.8) is 0 Å². The number of halogens is 4. The number of rotatable bonds is 4. The zero-order valence-electron chi connectivity index (χ0n) is 19.6. The van der Waals surface area contributed by atoms with Gasteiger partial charge in [0.1, 0.15) is 30.4 Å². The lowest BCUT2D eigenvalue weighted by Gasteiger charge is -2.21. The van der Waals surface area contributed by atoms with E-state index in [1.165, 1.54) is 25.5 Å². The smallest absolute Gasteiger partial charge is 0.387 e. The normalized spacial score (nSPS) is 18.5. The van der Waals surface area contributed by atoms with Gasteiger partial charge in [0.15, 0.2) is 0 Å². The number of imidazole rings is 1. The number of aromatic nitrogens is 2. The minimum atomic E-state index is -3.18. The Labute approximate surface area is 208 Å². The molecule has 2 atom stereocenters. The standard InChI is InChI=1S/C26H20F4N3O3P/c1-37(2,35)23-15(27)8-13(9-16(23)28)12-6-7-17-19(10-12)33-20-11-18(24(33)31-17)32-25(34)14-4-3-5-21(22(14)20)36-26(29)30/h3-10,18,20,26H,11H2,1-2H3,(H,32,34)/t18-,20-/m1/s1. The Balaban J connectivity index is 1.53. The van der Waals surface area contributed by atoms with Crippen LogP contribution in [0.25, 0.3) is 22.2 Å². The summed E-state index contributed by atoms with van der Waals surface area (Å²) in [5, 5.41) is 2.49. The number of amides is 1. The molecule has 0 saturated heterocycles. The van der Waals surface area contributed by atoms with Crippen LogP contribution < -0.4 is 15.4 Å². The van der Waals surface area contributed by atoms with Crippen molar-refractivity contribution in [2.45, 2.75) is 25.1 Å². The van der Waals surface area contributed by atoms with Gasteiger partial charge >= 0.3 is 6.61 Å². The molecule has 0 fully saturated rings. The Bertz CT molecular complexity index is 1640. The molecule has 6 rings (SSSR count). The lowest BCUT2D eigenvalue weighted by atomic mass is 9.97. The molecule has 0 unspecified atom stereocenters. The molecule has 190 valence electrons. The molecule has 37 heavy (non-hydrogen) atoms. The van der Waals surface area contributed by atoms with Crippen molar-refractivity contribution < 1.29 is 31.7 Å². The van der Waals surface area contributed by atoms with Crippen molar-refractivity contribution in [3.05, 3.63) is 77.1 Å². The molecule has 4 aromatic rings. The van der Waals surface area contributed by atoms with Gasteiger partial charge in [-0.3, -0.25) is 4.79 Å². The summed E-state index contributed by atoms with van der Waals surface area (Å²) in [7, 11) is -3.18. The molecule has 1 N–H and O–H groups in total. The third-order valence-corrected chi connectivity index (χ3v) is 8.36. The number of nitrogens with one attached hydrogen (secondary N) is 1. The number of hydrogen-bond donors (Lipinski definition) is 1. The van der Waals surface area contributed by atoms with Gasteiger partial charge in [-0.25, -0.2) is 13.8 Å². The monoisotopic (exact) mass is 529 g/mol. The summed E-state index contributed by atoms with van der Waals surface area (Å²) >= 11 is 0. The van der Waals surface area contributed by atoms with Crippen LogP contribution in [0.2, 0.25) is 0 Å². The second kappa shape index (κ2) is 8.18. The molecule has 3 aromatic carbocycles. The van der Waals surface area contributed by atoms with Crippen molar-refractivity contribution in [1.82, 2.24) is 14.9 Å². The summed E-state index contributed by atoms with van der Waals surface area (Å²) in [6.45, 7) is -0.465. The molecule has 1 aromatic heterocycles. The van der Waals surface area contributed by atoms with Gasteiger partial charge in [-0.2, -0.15) is 8.78 Å². The Morgan fingerprint density at radius 1 is 1.08 bits per heavy atom. The number of carbonyl (C=O) groups is 1. The number of carbonyl (C=O) groups excluding carboxylic acids is 1. The first kappa shape index (κ1) is 23.7. The molecule has 0 spiro atoms. The first-order chi connectivity index (χ1) is 17.5. The van der Waals surface area contributed by atoms with E-state index in [1.807, 2.05) is 4.57 Å². The van der Waals surface area contributed by atoms with Crippen LogP contribution in [0.4, 0.5) is 17.6 Å². The maximum Gasteiger partial charge on any atom is 0.387 e. The van der Waals surface area contributed by atoms with E-state index in [4.69, 9.17) is 4.74 Å². The van der Waals surface area contributed by atoms with Gasteiger partial charge in [-0.1, -0.05) is 12.1 Å². The fourth-order valence-electron chi connectivity index (χ4n) is 5.44. The molecular formula is C26H20F4N3O3P. The van der Waals surface area contributed by atoms with Crippen LogP contribution in [-0.4, -0.2) is 35.4 Å². The minimum absolute atomic E-state index is 0.0950. The first-order valence-corrected chi connectivity index (χ1v) is 14.1. The summed E-state index contributed by atoms with van der Waals surface area (Å²) in [4.78, 5) is 17.5. The Kier molecular flexibility index (Phi) is 5.25. The number of benzene rings is 3. The molecule has 11 heteroatoms. The van der Waals surface area contributed by atoms with Crippen molar-refractivity contribution in [3.8, 4) is 16.9 Å². The Hall–Kier alpha value is -3.65. The van der Waals surface area contributed by atoms with E-state index in [0.717, 1.165) is 12.1 Å². The molecule has 2 aliphatic heterocycles. The molecule has 2 aliphatic rings. The Morgan fingerprint density at radius 2 is 1.81 bits per heavy atom. The van der Waals surface area contributed by atoms with E-state index >= 15 is 0 Å². The van der Waals surface area contributed by atoms with Gasteiger partial charge in [-0.15, -0.1) is 0 Å².